The first-order valence-electron chi connectivity index (χ1n) is 10.2. The Kier molecular flexibility index (Phi) is 7.00. The quantitative estimate of drug-likeness (QED) is 0.644. The Hall–Kier alpha value is -2.16. The van der Waals surface area contributed by atoms with E-state index in [1.807, 2.05) is 18.4 Å². The molecule has 30 heavy (non-hydrogen) atoms. The summed E-state index contributed by atoms with van der Waals surface area (Å²) in [5.41, 5.74) is 2.42. The molecule has 3 rings (SSSR count). The Labute approximate surface area is 178 Å². The van der Waals surface area contributed by atoms with E-state index in [-0.39, 0.29) is 15.7 Å². The van der Waals surface area contributed by atoms with Gasteiger partial charge in [-0.05, 0) is 57.7 Å². The van der Waals surface area contributed by atoms with Gasteiger partial charge >= 0.3 is 0 Å². The van der Waals surface area contributed by atoms with Crippen LogP contribution in [-0.4, -0.2) is 45.3 Å². The minimum atomic E-state index is -3.83. The molecule has 164 valence electrons. The van der Waals surface area contributed by atoms with Crippen molar-refractivity contribution in [3.63, 3.8) is 0 Å². The van der Waals surface area contributed by atoms with Crippen molar-refractivity contribution in [2.24, 2.45) is 0 Å². The summed E-state index contributed by atoms with van der Waals surface area (Å²) in [5.74, 6) is 0.000487. The molecular formula is C22H30N2O5S. The highest BCUT2D eigenvalue weighted by Gasteiger charge is 2.32. The first-order valence-corrected chi connectivity index (χ1v) is 11.7. The minimum Gasteiger partial charge on any atom is -0.385 e. The Morgan fingerprint density at radius 2 is 1.93 bits per heavy atom. The van der Waals surface area contributed by atoms with Crippen molar-refractivity contribution in [1.82, 2.24) is 4.57 Å². The van der Waals surface area contributed by atoms with Crippen LogP contribution in [0.5, 0.6) is 0 Å². The van der Waals surface area contributed by atoms with Gasteiger partial charge in [0.1, 0.15) is 16.8 Å². The topological polar surface area (TPSA) is 86.6 Å². The third-order valence-electron chi connectivity index (χ3n) is 5.57. The number of carbonyl (C=O) groups is 1. The van der Waals surface area contributed by atoms with Crippen molar-refractivity contribution in [3.05, 3.63) is 41.1 Å². The molecular weight excluding hydrogens is 404 g/mol. The lowest BCUT2D eigenvalue weighted by Crippen LogP contribution is -2.29. The largest absolute Gasteiger partial charge is 0.385 e. The molecule has 1 N–H and O–H groups in total. The van der Waals surface area contributed by atoms with Crippen LogP contribution in [0.3, 0.4) is 0 Å². The van der Waals surface area contributed by atoms with Gasteiger partial charge in [-0.15, -0.1) is 0 Å². The van der Waals surface area contributed by atoms with Crippen LogP contribution in [0, 0.1) is 20.8 Å². The molecule has 0 saturated carbocycles. The van der Waals surface area contributed by atoms with Crippen LogP contribution in [0.15, 0.2) is 34.1 Å². The highest BCUT2D eigenvalue weighted by atomic mass is 32.2. The summed E-state index contributed by atoms with van der Waals surface area (Å²) < 4.78 is 39.6. The van der Waals surface area contributed by atoms with Gasteiger partial charge in [-0.1, -0.05) is 17.7 Å². The van der Waals surface area contributed by atoms with Crippen molar-refractivity contribution in [3.8, 4) is 0 Å². The van der Waals surface area contributed by atoms with Gasteiger partial charge in [-0.2, -0.15) is 0 Å². The molecule has 0 radical (unpaired) electrons. The molecule has 0 spiro atoms. The summed E-state index contributed by atoms with van der Waals surface area (Å²) in [4.78, 5) is 13.2. The number of sulfone groups is 1. The molecule has 8 heteroatoms. The van der Waals surface area contributed by atoms with Gasteiger partial charge in [0.25, 0.3) is 5.91 Å². The van der Waals surface area contributed by atoms with E-state index >= 15 is 0 Å². The van der Waals surface area contributed by atoms with E-state index in [9.17, 15) is 13.2 Å². The number of rotatable bonds is 8. The summed E-state index contributed by atoms with van der Waals surface area (Å²) in [5, 5.41) is 2.88. The fourth-order valence-electron chi connectivity index (χ4n) is 3.75. The van der Waals surface area contributed by atoms with Crippen molar-refractivity contribution < 1.29 is 22.7 Å². The number of nitrogens with one attached hydrogen (secondary N) is 1. The molecule has 1 aliphatic rings. The molecule has 1 fully saturated rings. The molecule has 0 bridgehead atoms. The molecule has 1 aromatic carbocycles. The molecule has 2 heterocycles. The summed E-state index contributed by atoms with van der Waals surface area (Å²) in [7, 11) is -2.20. The smallest absolute Gasteiger partial charge is 0.254 e. The average molecular weight is 435 g/mol. The Morgan fingerprint density at radius 1 is 1.23 bits per heavy atom. The van der Waals surface area contributed by atoms with E-state index in [2.05, 4.69) is 5.32 Å². The number of benzene rings is 1. The van der Waals surface area contributed by atoms with Gasteiger partial charge in [-0.3, -0.25) is 4.79 Å². The monoisotopic (exact) mass is 434 g/mol. The van der Waals surface area contributed by atoms with Gasteiger partial charge in [0.15, 0.2) is 0 Å². The molecule has 1 saturated heterocycles. The molecule has 0 unspecified atom stereocenters. The van der Waals surface area contributed by atoms with Gasteiger partial charge in [-0.25, -0.2) is 8.42 Å². The summed E-state index contributed by atoms with van der Waals surface area (Å²) >= 11 is 0. The minimum absolute atomic E-state index is 0.146. The zero-order chi connectivity index (χ0) is 21.9. The van der Waals surface area contributed by atoms with Crippen LogP contribution in [0.2, 0.25) is 0 Å². The lowest BCUT2D eigenvalue weighted by atomic mass is 10.2. The van der Waals surface area contributed by atoms with Crippen LogP contribution in [0.4, 0.5) is 5.82 Å². The molecule has 1 aromatic heterocycles. The molecule has 1 atom stereocenters. The highest BCUT2D eigenvalue weighted by molar-refractivity contribution is 7.91. The van der Waals surface area contributed by atoms with Gasteiger partial charge < -0.3 is 19.4 Å². The summed E-state index contributed by atoms with van der Waals surface area (Å²) in [6.07, 6.45) is 1.59. The second-order valence-electron chi connectivity index (χ2n) is 7.69. The van der Waals surface area contributed by atoms with E-state index in [4.69, 9.17) is 9.47 Å². The number of anilines is 1. The number of hydrogen-bond donors (Lipinski definition) is 1. The number of aromatic nitrogens is 1. The second-order valence-corrected chi connectivity index (χ2v) is 9.58. The summed E-state index contributed by atoms with van der Waals surface area (Å²) in [6.45, 7) is 7.18. The number of hydrogen-bond acceptors (Lipinski definition) is 5. The van der Waals surface area contributed by atoms with Gasteiger partial charge in [0.05, 0.1) is 4.90 Å². The normalized spacial score (nSPS) is 16.7. The van der Waals surface area contributed by atoms with E-state index in [0.29, 0.717) is 44.0 Å². The standard InChI is InChI=1S/C22H30N2O5S/c1-15-8-10-18(11-9-15)30(26,27)20-16(2)17(3)24(12-6-13-28-4)21(20)23-22(25)19-7-5-14-29-19/h8-11,19H,5-7,12-14H2,1-4H3,(H,23,25)/t19-/m1/s1. The van der Waals surface area contributed by atoms with Crippen LogP contribution in [0.1, 0.15) is 36.1 Å². The zero-order valence-electron chi connectivity index (χ0n) is 18.0. The van der Waals surface area contributed by atoms with Crippen molar-refractivity contribution >= 4 is 21.6 Å². The predicted octanol–water partition coefficient (Wildman–Crippen LogP) is 3.40. The maximum Gasteiger partial charge on any atom is 0.254 e. The van der Waals surface area contributed by atoms with Gasteiger partial charge in [0.2, 0.25) is 9.84 Å². The Morgan fingerprint density at radius 3 is 2.53 bits per heavy atom. The SMILES string of the molecule is COCCCn1c(C)c(C)c(S(=O)(=O)c2ccc(C)cc2)c1NC(=O)[C@H]1CCCO1. The number of ether oxygens (including phenoxy) is 2. The number of aryl methyl sites for hydroxylation is 1. The molecule has 2 aromatic rings. The lowest BCUT2D eigenvalue weighted by Gasteiger charge is -2.16. The van der Waals surface area contributed by atoms with Crippen LogP contribution >= 0.6 is 0 Å². The van der Waals surface area contributed by atoms with E-state index in [0.717, 1.165) is 17.7 Å². The Balaban J connectivity index is 2.09. The van der Waals surface area contributed by atoms with Crippen molar-refractivity contribution in [1.29, 1.82) is 0 Å². The van der Waals surface area contributed by atoms with E-state index < -0.39 is 15.9 Å². The van der Waals surface area contributed by atoms with E-state index in [1.54, 1.807) is 38.3 Å². The molecule has 1 aliphatic heterocycles. The first-order chi connectivity index (χ1) is 14.3. The number of amides is 1. The highest BCUT2D eigenvalue weighted by Crippen LogP contribution is 2.36. The van der Waals surface area contributed by atoms with Gasteiger partial charge in [0, 0.05) is 32.6 Å². The number of nitrogens with zero attached hydrogens (tertiary/aromatic N) is 1. The van der Waals surface area contributed by atoms with Crippen LogP contribution in [0.25, 0.3) is 0 Å². The molecule has 7 nitrogen and oxygen atoms in total. The number of methoxy groups -OCH3 is 1. The maximum atomic E-state index is 13.6. The third kappa shape index (κ3) is 4.45. The maximum absolute atomic E-state index is 13.6. The fourth-order valence-corrected chi connectivity index (χ4v) is 5.45. The molecule has 0 aliphatic carbocycles. The second kappa shape index (κ2) is 9.32. The van der Waals surface area contributed by atoms with Crippen molar-refractivity contribution in [2.75, 3.05) is 25.6 Å². The third-order valence-corrected chi connectivity index (χ3v) is 7.50. The summed E-state index contributed by atoms with van der Waals surface area (Å²) in [6, 6.07) is 6.76. The van der Waals surface area contributed by atoms with E-state index in [1.165, 1.54) is 0 Å². The van der Waals surface area contributed by atoms with Crippen LogP contribution < -0.4 is 5.32 Å². The predicted molar refractivity (Wildman–Crippen MR) is 115 cm³/mol. The fraction of sp³-hybridized carbons (Fsp3) is 0.500. The lowest BCUT2D eigenvalue weighted by molar-refractivity contribution is -0.124. The Bertz CT molecular complexity index is 1000. The van der Waals surface area contributed by atoms with Crippen molar-refractivity contribution in [2.45, 2.75) is 62.5 Å². The number of carbonyl (C=O) groups excluding carboxylic acids is 1. The zero-order valence-corrected chi connectivity index (χ0v) is 18.8. The average Bonchev–Trinajstić information content (AvgIpc) is 3.32. The first kappa shape index (κ1) is 22.5. The van der Waals surface area contributed by atoms with Crippen LogP contribution in [-0.2, 0) is 30.7 Å². The molecule has 1 amide bonds.